The molecule has 110 valence electrons. The van der Waals surface area contributed by atoms with Gasteiger partial charge < -0.3 is 14.9 Å². The van der Waals surface area contributed by atoms with Crippen LogP contribution in [-0.4, -0.2) is 48.1 Å². The third-order valence-electron chi connectivity index (χ3n) is 3.50. The van der Waals surface area contributed by atoms with Gasteiger partial charge in [0.1, 0.15) is 6.04 Å². The number of amides is 1. The molecule has 0 spiro atoms. The third-order valence-corrected chi connectivity index (χ3v) is 3.50. The second-order valence-electron chi connectivity index (χ2n) is 4.65. The van der Waals surface area contributed by atoms with Gasteiger partial charge >= 0.3 is 5.97 Å². The van der Waals surface area contributed by atoms with E-state index in [-0.39, 0.29) is 5.91 Å². The SMILES string of the molecule is CCN(CC)c1ccc(C(=O)N(C)C(C)C(=O)O)cc1. The Kier molecular flexibility index (Phi) is 5.55. The van der Waals surface area contributed by atoms with Crippen molar-refractivity contribution in [3.05, 3.63) is 29.8 Å². The number of rotatable bonds is 6. The van der Waals surface area contributed by atoms with E-state index in [0.29, 0.717) is 5.56 Å². The number of carboxylic acid groups (broad SMARTS) is 1. The number of carbonyl (C=O) groups excluding carboxylic acids is 1. The van der Waals surface area contributed by atoms with Crippen LogP contribution in [0.1, 0.15) is 31.1 Å². The lowest BCUT2D eigenvalue weighted by molar-refractivity contribution is -0.141. The van der Waals surface area contributed by atoms with Gasteiger partial charge in [0.2, 0.25) is 0 Å². The van der Waals surface area contributed by atoms with E-state index in [4.69, 9.17) is 5.11 Å². The molecule has 1 aromatic rings. The highest BCUT2D eigenvalue weighted by Gasteiger charge is 2.22. The van der Waals surface area contributed by atoms with Gasteiger partial charge in [-0.2, -0.15) is 0 Å². The molecule has 1 aromatic carbocycles. The third kappa shape index (κ3) is 3.50. The van der Waals surface area contributed by atoms with Gasteiger partial charge in [0.05, 0.1) is 0 Å². The number of hydrogen-bond donors (Lipinski definition) is 1. The average molecular weight is 278 g/mol. The van der Waals surface area contributed by atoms with Crippen molar-refractivity contribution in [2.24, 2.45) is 0 Å². The summed E-state index contributed by atoms with van der Waals surface area (Å²) in [5, 5.41) is 8.93. The molecule has 0 saturated carbocycles. The second-order valence-corrected chi connectivity index (χ2v) is 4.65. The molecule has 1 unspecified atom stereocenters. The number of hydrogen-bond acceptors (Lipinski definition) is 3. The standard InChI is InChI=1S/C15H22N2O3/c1-5-17(6-2)13-9-7-12(8-10-13)14(18)16(4)11(3)15(19)20/h7-11H,5-6H2,1-4H3,(H,19,20). The van der Waals surface area contributed by atoms with E-state index in [2.05, 4.69) is 18.7 Å². The first-order valence-electron chi connectivity index (χ1n) is 6.77. The van der Waals surface area contributed by atoms with Gasteiger partial charge in [-0.3, -0.25) is 4.79 Å². The lowest BCUT2D eigenvalue weighted by Crippen LogP contribution is -2.40. The molecule has 0 fully saturated rings. The highest BCUT2D eigenvalue weighted by Crippen LogP contribution is 2.16. The van der Waals surface area contributed by atoms with Gasteiger partial charge in [-0.05, 0) is 45.0 Å². The van der Waals surface area contributed by atoms with Crippen LogP contribution < -0.4 is 4.90 Å². The Balaban J connectivity index is 2.88. The quantitative estimate of drug-likeness (QED) is 0.865. The Labute approximate surface area is 119 Å². The van der Waals surface area contributed by atoms with Crippen LogP contribution in [0.15, 0.2) is 24.3 Å². The fourth-order valence-electron chi connectivity index (χ4n) is 1.95. The molecule has 0 bridgehead atoms. The zero-order chi connectivity index (χ0) is 15.3. The smallest absolute Gasteiger partial charge is 0.326 e. The molecular formula is C15H22N2O3. The molecule has 0 aromatic heterocycles. The maximum Gasteiger partial charge on any atom is 0.326 e. The van der Waals surface area contributed by atoms with Gasteiger partial charge in [0.15, 0.2) is 0 Å². The van der Waals surface area contributed by atoms with Crippen molar-refractivity contribution in [3.8, 4) is 0 Å². The van der Waals surface area contributed by atoms with E-state index in [0.717, 1.165) is 18.8 Å². The largest absolute Gasteiger partial charge is 0.480 e. The van der Waals surface area contributed by atoms with Gasteiger partial charge in [0.25, 0.3) is 5.91 Å². The predicted octanol–water partition coefficient (Wildman–Crippen LogP) is 2.08. The zero-order valence-corrected chi connectivity index (χ0v) is 12.5. The molecule has 0 heterocycles. The monoisotopic (exact) mass is 278 g/mol. The molecule has 20 heavy (non-hydrogen) atoms. The van der Waals surface area contributed by atoms with E-state index in [1.54, 1.807) is 12.1 Å². The Hall–Kier alpha value is -2.04. The molecule has 5 nitrogen and oxygen atoms in total. The number of carbonyl (C=O) groups is 2. The van der Waals surface area contributed by atoms with E-state index in [1.165, 1.54) is 18.9 Å². The Morgan fingerprint density at radius 1 is 1.15 bits per heavy atom. The van der Waals surface area contributed by atoms with E-state index < -0.39 is 12.0 Å². The molecule has 1 rings (SSSR count). The summed E-state index contributed by atoms with van der Waals surface area (Å²) in [6, 6.07) is 6.41. The highest BCUT2D eigenvalue weighted by atomic mass is 16.4. The van der Waals surface area contributed by atoms with Crippen LogP contribution in [0.2, 0.25) is 0 Å². The lowest BCUT2D eigenvalue weighted by atomic mass is 10.1. The fourth-order valence-corrected chi connectivity index (χ4v) is 1.95. The summed E-state index contributed by atoms with van der Waals surface area (Å²) in [5.74, 6) is -1.30. The summed E-state index contributed by atoms with van der Waals surface area (Å²) in [5.41, 5.74) is 1.55. The van der Waals surface area contributed by atoms with Crippen LogP contribution in [0.5, 0.6) is 0 Å². The fraction of sp³-hybridized carbons (Fsp3) is 0.467. The van der Waals surface area contributed by atoms with Crippen molar-refractivity contribution in [2.45, 2.75) is 26.8 Å². The highest BCUT2D eigenvalue weighted by molar-refractivity contribution is 5.96. The number of likely N-dealkylation sites (N-methyl/N-ethyl adjacent to an activating group) is 1. The molecule has 1 amide bonds. The van der Waals surface area contributed by atoms with Crippen molar-refractivity contribution < 1.29 is 14.7 Å². The van der Waals surface area contributed by atoms with Crippen molar-refractivity contribution in [2.75, 3.05) is 25.0 Å². The minimum absolute atomic E-state index is 0.286. The number of anilines is 1. The normalized spacial score (nSPS) is 11.8. The van der Waals surface area contributed by atoms with Gasteiger partial charge in [-0.25, -0.2) is 4.79 Å². The van der Waals surface area contributed by atoms with Gasteiger partial charge in [-0.1, -0.05) is 0 Å². The van der Waals surface area contributed by atoms with Crippen LogP contribution in [0, 0.1) is 0 Å². The molecule has 0 radical (unpaired) electrons. The Morgan fingerprint density at radius 2 is 1.65 bits per heavy atom. The van der Waals surface area contributed by atoms with Crippen LogP contribution in [0.4, 0.5) is 5.69 Å². The van der Waals surface area contributed by atoms with Crippen LogP contribution in [0.3, 0.4) is 0 Å². The molecule has 1 N–H and O–H groups in total. The molecule has 0 aliphatic heterocycles. The molecule has 0 aliphatic rings. The van der Waals surface area contributed by atoms with Gasteiger partial charge in [0, 0.05) is 31.4 Å². The topological polar surface area (TPSA) is 60.9 Å². The summed E-state index contributed by atoms with van der Waals surface area (Å²) < 4.78 is 0. The minimum atomic E-state index is -1.01. The van der Waals surface area contributed by atoms with Crippen LogP contribution >= 0.6 is 0 Å². The van der Waals surface area contributed by atoms with E-state index >= 15 is 0 Å². The number of aliphatic carboxylic acids is 1. The summed E-state index contributed by atoms with van der Waals surface area (Å²) in [7, 11) is 1.50. The second kappa shape index (κ2) is 6.93. The van der Waals surface area contributed by atoms with Crippen molar-refractivity contribution in [1.82, 2.24) is 4.90 Å². The number of benzene rings is 1. The Bertz CT molecular complexity index is 467. The summed E-state index contributed by atoms with van der Waals surface area (Å²) in [6.45, 7) is 7.44. The maximum atomic E-state index is 12.2. The molecule has 1 atom stereocenters. The Morgan fingerprint density at radius 3 is 2.05 bits per heavy atom. The van der Waals surface area contributed by atoms with Crippen molar-refractivity contribution in [3.63, 3.8) is 0 Å². The van der Waals surface area contributed by atoms with Crippen LogP contribution in [0.25, 0.3) is 0 Å². The maximum absolute atomic E-state index is 12.2. The predicted molar refractivity (Wildman–Crippen MR) is 79.2 cm³/mol. The number of carboxylic acids is 1. The first-order valence-corrected chi connectivity index (χ1v) is 6.77. The first-order chi connectivity index (χ1) is 9.42. The molecule has 0 aliphatic carbocycles. The zero-order valence-electron chi connectivity index (χ0n) is 12.5. The summed E-state index contributed by atoms with van der Waals surface area (Å²) >= 11 is 0. The molecule has 0 saturated heterocycles. The summed E-state index contributed by atoms with van der Waals surface area (Å²) in [6.07, 6.45) is 0. The van der Waals surface area contributed by atoms with Crippen molar-refractivity contribution >= 4 is 17.6 Å². The lowest BCUT2D eigenvalue weighted by Gasteiger charge is -2.23. The average Bonchev–Trinajstić information content (AvgIpc) is 2.46. The molecular weight excluding hydrogens is 256 g/mol. The number of nitrogens with zero attached hydrogens (tertiary/aromatic N) is 2. The molecule has 5 heteroatoms. The van der Waals surface area contributed by atoms with Crippen LogP contribution in [-0.2, 0) is 4.79 Å². The first kappa shape index (κ1) is 16.0. The van der Waals surface area contributed by atoms with Crippen molar-refractivity contribution in [1.29, 1.82) is 0 Å². The van der Waals surface area contributed by atoms with E-state index in [1.807, 2.05) is 12.1 Å². The summed E-state index contributed by atoms with van der Waals surface area (Å²) in [4.78, 5) is 26.5. The minimum Gasteiger partial charge on any atom is -0.480 e. The van der Waals surface area contributed by atoms with Gasteiger partial charge in [-0.15, -0.1) is 0 Å². The van der Waals surface area contributed by atoms with E-state index in [9.17, 15) is 9.59 Å².